The van der Waals surface area contributed by atoms with Crippen molar-refractivity contribution in [3.8, 4) is 0 Å². The molecule has 16 heavy (non-hydrogen) atoms. The normalized spacial score (nSPS) is 9.88. The van der Waals surface area contributed by atoms with Crippen LogP contribution in [0.15, 0.2) is 66.2 Å². The summed E-state index contributed by atoms with van der Waals surface area (Å²) >= 11 is 0. The summed E-state index contributed by atoms with van der Waals surface area (Å²) in [5.74, 6) is 0. The molecule has 0 atom stereocenters. The van der Waals surface area contributed by atoms with E-state index in [1.54, 1.807) is 0 Å². The molecule has 2 aromatic rings. The lowest BCUT2D eigenvalue weighted by molar-refractivity contribution is 1.37. The van der Waals surface area contributed by atoms with E-state index in [0.717, 1.165) is 0 Å². The lowest BCUT2D eigenvalue weighted by Crippen LogP contribution is -1.89. The highest BCUT2D eigenvalue weighted by molar-refractivity contribution is 5.81. The molecule has 0 N–H and O–H groups in total. The zero-order valence-corrected chi connectivity index (χ0v) is 9.77. The van der Waals surface area contributed by atoms with Gasteiger partial charge in [-0.2, -0.15) is 0 Å². The molecule has 0 heteroatoms. The van der Waals surface area contributed by atoms with Crippen molar-refractivity contribution in [2.75, 3.05) is 0 Å². The summed E-state index contributed by atoms with van der Waals surface area (Å²) in [7, 11) is 0. The maximum atomic E-state index is 2.16. The van der Waals surface area contributed by atoms with Gasteiger partial charge in [0.05, 0.1) is 0 Å². The molecular formula is C16H16. The third-order valence-corrected chi connectivity index (χ3v) is 2.62. The summed E-state index contributed by atoms with van der Waals surface area (Å²) in [6, 6.07) is 21.1. The van der Waals surface area contributed by atoms with Crippen LogP contribution in [0.4, 0.5) is 0 Å². The van der Waals surface area contributed by atoms with Crippen LogP contribution in [0.2, 0.25) is 0 Å². The molecule has 0 aliphatic rings. The van der Waals surface area contributed by atoms with Gasteiger partial charge < -0.3 is 0 Å². The van der Waals surface area contributed by atoms with Crippen LogP contribution in [0.25, 0.3) is 5.57 Å². The first kappa shape index (κ1) is 10.7. The van der Waals surface area contributed by atoms with Gasteiger partial charge in [0, 0.05) is 0 Å². The molecule has 0 spiro atoms. The summed E-state index contributed by atoms with van der Waals surface area (Å²) in [6.45, 7) is 4.32. The second kappa shape index (κ2) is 4.80. The van der Waals surface area contributed by atoms with Gasteiger partial charge >= 0.3 is 0 Å². The molecule has 0 heterocycles. The largest absolute Gasteiger partial charge is 0.0680 e. The fraction of sp³-hybridized carbons (Fsp3) is 0.125. The first-order chi connectivity index (χ1) is 7.79. The van der Waals surface area contributed by atoms with E-state index in [1.165, 1.54) is 22.3 Å². The maximum absolute atomic E-state index is 2.16. The zero-order valence-electron chi connectivity index (χ0n) is 9.77. The molecule has 0 nitrogen and oxygen atoms in total. The second-order valence-electron chi connectivity index (χ2n) is 4.11. The molecule has 2 aromatic carbocycles. The van der Waals surface area contributed by atoms with Crippen molar-refractivity contribution in [3.05, 3.63) is 77.4 Å². The predicted octanol–water partition coefficient (Wildman–Crippen LogP) is 4.53. The molecule has 0 aliphatic heterocycles. The van der Waals surface area contributed by atoms with Crippen molar-refractivity contribution in [3.63, 3.8) is 0 Å². The summed E-state index contributed by atoms with van der Waals surface area (Å²) in [5.41, 5.74) is 5.25. The van der Waals surface area contributed by atoms with Crippen LogP contribution in [-0.2, 0) is 0 Å². The average Bonchev–Trinajstić information content (AvgIpc) is 2.31. The van der Waals surface area contributed by atoms with Crippen LogP contribution in [-0.4, -0.2) is 0 Å². The van der Waals surface area contributed by atoms with Crippen molar-refractivity contribution >= 4 is 5.57 Å². The van der Waals surface area contributed by atoms with Gasteiger partial charge in [-0.3, -0.25) is 0 Å². The summed E-state index contributed by atoms with van der Waals surface area (Å²) in [6.07, 6.45) is 0. The van der Waals surface area contributed by atoms with Crippen molar-refractivity contribution in [1.29, 1.82) is 0 Å². The minimum atomic E-state index is 1.29. The molecule has 0 unspecified atom stereocenters. The Hall–Kier alpha value is -1.82. The number of benzene rings is 2. The third-order valence-electron chi connectivity index (χ3n) is 2.62. The first-order valence-corrected chi connectivity index (χ1v) is 5.57. The molecule has 0 fully saturated rings. The maximum Gasteiger partial charge on any atom is -0.0125 e. The molecule has 0 bridgehead atoms. The second-order valence-corrected chi connectivity index (χ2v) is 4.11. The molecule has 0 saturated carbocycles. The minimum Gasteiger partial charge on any atom is -0.0680 e. The summed E-state index contributed by atoms with van der Waals surface area (Å²) in [4.78, 5) is 0. The Kier molecular flexibility index (Phi) is 3.21. The Morgan fingerprint density at radius 3 is 1.31 bits per heavy atom. The zero-order chi connectivity index (χ0) is 11.4. The van der Waals surface area contributed by atoms with Gasteiger partial charge in [-0.25, -0.2) is 0 Å². The van der Waals surface area contributed by atoms with E-state index in [-0.39, 0.29) is 0 Å². The van der Waals surface area contributed by atoms with Gasteiger partial charge in [-0.1, -0.05) is 66.2 Å². The topological polar surface area (TPSA) is 0 Å². The number of rotatable bonds is 2. The molecule has 0 amide bonds. The monoisotopic (exact) mass is 208 g/mol. The summed E-state index contributed by atoms with van der Waals surface area (Å²) in [5, 5.41) is 0. The van der Waals surface area contributed by atoms with E-state index in [9.17, 15) is 0 Å². The van der Waals surface area contributed by atoms with E-state index in [0.29, 0.717) is 0 Å². The average molecular weight is 208 g/mol. The highest BCUT2D eigenvalue weighted by atomic mass is 14.1. The molecule has 0 aliphatic carbocycles. The van der Waals surface area contributed by atoms with E-state index in [4.69, 9.17) is 0 Å². The van der Waals surface area contributed by atoms with Crippen LogP contribution >= 0.6 is 0 Å². The Balaban J connectivity index is 2.54. The van der Waals surface area contributed by atoms with Gasteiger partial charge in [-0.15, -0.1) is 0 Å². The third kappa shape index (κ3) is 2.22. The smallest absolute Gasteiger partial charge is 0.0125 e. The van der Waals surface area contributed by atoms with Crippen LogP contribution in [0.1, 0.15) is 25.0 Å². The van der Waals surface area contributed by atoms with Crippen molar-refractivity contribution in [2.24, 2.45) is 0 Å². The highest BCUT2D eigenvalue weighted by Gasteiger charge is 2.05. The van der Waals surface area contributed by atoms with Crippen LogP contribution in [0, 0.1) is 0 Å². The van der Waals surface area contributed by atoms with Gasteiger partial charge in [0.25, 0.3) is 0 Å². The SMILES string of the molecule is CC(C)=C(c1ccccc1)c1ccccc1. The van der Waals surface area contributed by atoms with Gasteiger partial charge in [0.1, 0.15) is 0 Å². The fourth-order valence-electron chi connectivity index (χ4n) is 1.95. The Bertz CT molecular complexity index is 432. The number of hydrogen-bond donors (Lipinski definition) is 0. The quantitative estimate of drug-likeness (QED) is 0.680. The minimum absolute atomic E-state index is 1.29. The first-order valence-electron chi connectivity index (χ1n) is 5.57. The predicted molar refractivity (Wildman–Crippen MR) is 70.3 cm³/mol. The standard InChI is InChI=1S/C16H16/c1-13(2)16(14-9-5-3-6-10-14)15-11-7-4-8-12-15/h3-12H,1-2H3. The Labute approximate surface area is 97.3 Å². The van der Waals surface area contributed by atoms with Crippen molar-refractivity contribution in [1.82, 2.24) is 0 Å². The van der Waals surface area contributed by atoms with Gasteiger partial charge in [-0.05, 0) is 30.5 Å². The Morgan fingerprint density at radius 1 is 0.625 bits per heavy atom. The van der Waals surface area contributed by atoms with Crippen molar-refractivity contribution < 1.29 is 0 Å². The van der Waals surface area contributed by atoms with E-state index < -0.39 is 0 Å². The van der Waals surface area contributed by atoms with Gasteiger partial charge in [0.2, 0.25) is 0 Å². The Morgan fingerprint density at radius 2 is 1.00 bits per heavy atom. The number of allylic oxidation sites excluding steroid dienone is 1. The highest BCUT2D eigenvalue weighted by Crippen LogP contribution is 2.26. The molecule has 0 aromatic heterocycles. The van der Waals surface area contributed by atoms with E-state index in [1.807, 2.05) is 0 Å². The molecule has 2 rings (SSSR count). The molecule has 0 radical (unpaired) electrons. The van der Waals surface area contributed by atoms with E-state index in [2.05, 4.69) is 74.5 Å². The molecule has 0 saturated heterocycles. The van der Waals surface area contributed by atoms with Crippen LogP contribution in [0.5, 0.6) is 0 Å². The van der Waals surface area contributed by atoms with Gasteiger partial charge in [0.15, 0.2) is 0 Å². The van der Waals surface area contributed by atoms with Crippen molar-refractivity contribution in [2.45, 2.75) is 13.8 Å². The number of hydrogen-bond acceptors (Lipinski definition) is 0. The fourth-order valence-corrected chi connectivity index (χ4v) is 1.95. The molecular weight excluding hydrogens is 192 g/mol. The lowest BCUT2D eigenvalue weighted by atomic mass is 9.94. The molecule has 80 valence electrons. The van der Waals surface area contributed by atoms with Crippen LogP contribution < -0.4 is 0 Å². The van der Waals surface area contributed by atoms with E-state index >= 15 is 0 Å². The van der Waals surface area contributed by atoms with Crippen LogP contribution in [0.3, 0.4) is 0 Å². The summed E-state index contributed by atoms with van der Waals surface area (Å²) < 4.78 is 0. The lowest BCUT2D eigenvalue weighted by Gasteiger charge is -2.10.